The summed E-state index contributed by atoms with van der Waals surface area (Å²) < 4.78 is 29.3. The number of halogens is 2. The molecule has 392 valence electrons. The minimum atomic E-state index is -0.258. The molecule has 0 saturated heterocycles. The van der Waals surface area contributed by atoms with E-state index in [1.54, 1.807) is 37.8 Å². The van der Waals surface area contributed by atoms with Gasteiger partial charge in [-0.2, -0.15) is 10.4 Å². The Morgan fingerprint density at radius 1 is 0.556 bits per heavy atom. The van der Waals surface area contributed by atoms with Crippen molar-refractivity contribution in [2.24, 2.45) is 7.05 Å². The summed E-state index contributed by atoms with van der Waals surface area (Å²) in [6.07, 6.45) is 23.4. The van der Waals surface area contributed by atoms with Crippen molar-refractivity contribution in [2.45, 2.75) is 180 Å². The summed E-state index contributed by atoms with van der Waals surface area (Å²) in [5.41, 5.74) is 9.39. The fourth-order valence-corrected chi connectivity index (χ4v) is 5.75. The van der Waals surface area contributed by atoms with Crippen LogP contribution in [0.4, 0.5) is 8.78 Å². The molecular weight excluding hydrogens is 901 g/mol. The van der Waals surface area contributed by atoms with Crippen molar-refractivity contribution in [2.75, 3.05) is 0 Å². The summed E-state index contributed by atoms with van der Waals surface area (Å²) in [6.45, 7) is 39.3. The Labute approximate surface area is 433 Å². The summed E-state index contributed by atoms with van der Waals surface area (Å²) >= 11 is 0. The zero-order chi connectivity index (χ0) is 54.0. The third-order valence-corrected chi connectivity index (χ3v) is 10.7. The van der Waals surface area contributed by atoms with Crippen LogP contribution < -0.4 is 0 Å². The quantitative estimate of drug-likeness (QED) is 0.159. The van der Waals surface area contributed by atoms with Crippen LogP contribution in [0, 0.1) is 50.7 Å². The minimum Gasteiger partial charge on any atom is -0.333 e. The van der Waals surface area contributed by atoms with Gasteiger partial charge in [0.25, 0.3) is 0 Å². The first kappa shape index (κ1) is 65.5. The van der Waals surface area contributed by atoms with Crippen molar-refractivity contribution in [3.63, 3.8) is 0 Å². The highest BCUT2D eigenvalue weighted by molar-refractivity contribution is 5.30. The van der Waals surface area contributed by atoms with E-state index in [4.69, 9.17) is 5.26 Å². The molecule has 0 aliphatic carbocycles. The number of hydrogen-bond donors (Lipinski definition) is 0. The molecule has 72 heavy (non-hydrogen) atoms. The predicted molar refractivity (Wildman–Crippen MR) is 294 cm³/mol. The Kier molecular flexibility index (Phi) is 30.1. The van der Waals surface area contributed by atoms with Gasteiger partial charge in [-0.3, -0.25) is 24.6 Å². The number of nitrogens with zero attached hydrogens (tertiary/aromatic N) is 11. The Morgan fingerprint density at radius 2 is 1.03 bits per heavy atom. The predicted octanol–water partition coefficient (Wildman–Crippen LogP) is 15.6. The third kappa shape index (κ3) is 26.1. The number of rotatable bonds is 6. The highest BCUT2D eigenvalue weighted by Crippen LogP contribution is 2.21. The van der Waals surface area contributed by atoms with E-state index in [0.29, 0.717) is 46.9 Å². The number of aryl methyl sites for hydroxylation is 5. The summed E-state index contributed by atoms with van der Waals surface area (Å²) in [4.78, 5) is 28.0. The van der Waals surface area contributed by atoms with Gasteiger partial charge < -0.3 is 4.57 Å². The lowest BCUT2D eigenvalue weighted by molar-refractivity contribution is 0.582. The van der Waals surface area contributed by atoms with Gasteiger partial charge in [0, 0.05) is 81.3 Å². The molecule has 7 aromatic heterocycles. The van der Waals surface area contributed by atoms with Crippen LogP contribution in [0.5, 0.6) is 0 Å². The first-order chi connectivity index (χ1) is 33.2. The van der Waals surface area contributed by atoms with Gasteiger partial charge in [-0.1, -0.05) is 104 Å². The van der Waals surface area contributed by atoms with E-state index < -0.39 is 0 Å². The first-order valence-electron chi connectivity index (χ1n) is 24.4. The van der Waals surface area contributed by atoms with Crippen LogP contribution in [-0.2, 0) is 12.5 Å². The number of hydrogen-bond acceptors (Lipinski definition) is 9. The molecule has 0 amide bonds. The van der Waals surface area contributed by atoms with Gasteiger partial charge in [-0.05, 0) is 134 Å². The molecule has 0 radical (unpaired) electrons. The highest BCUT2D eigenvalue weighted by atomic mass is 19.1. The molecule has 0 aromatic carbocycles. The van der Waals surface area contributed by atoms with Crippen LogP contribution in [0.3, 0.4) is 0 Å². The third-order valence-electron chi connectivity index (χ3n) is 10.7. The van der Waals surface area contributed by atoms with Gasteiger partial charge in [0.2, 0.25) is 0 Å². The van der Waals surface area contributed by atoms with Crippen molar-refractivity contribution in [3.05, 3.63) is 178 Å². The second-order valence-corrected chi connectivity index (χ2v) is 20.2. The molecule has 7 heterocycles. The van der Waals surface area contributed by atoms with E-state index in [-0.39, 0.29) is 24.5 Å². The number of imidazole rings is 1. The fourth-order valence-electron chi connectivity index (χ4n) is 5.75. The summed E-state index contributed by atoms with van der Waals surface area (Å²) in [5, 5.41) is 12.7. The topological polar surface area (TPSA) is 137 Å². The molecular formula is C59H87F2N11. The van der Waals surface area contributed by atoms with E-state index in [1.807, 2.05) is 103 Å². The molecule has 7 rings (SSSR count). The normalized spacial score (nSPS) is 10.4. The van der Waals surface area contributed by atoms with Gasteiger partial charge >= 0.3 is 0 Å². The molecule has 11 nitrogen and oxygen atoms in total. The second kappa shape index (κ2) is 33.2. The maximum absolute atomic E-state index is 12.9. The standard InChI is InChI=1S/C9H12FN.C9H10N2.C9H13N.C8H10FN.C8H14N2.C8H12N2.C7H12N2.CH4/c1-6(2)8-4-9(10)7(3)11-5-8;1-7(2)9-3-8(4-10)5-11-6-9;1-7(2)9-4-8(3)5-10-6-9;1-6(2)7-3-8(9)5-10-4-7;1-8(2,3)7-5-9-10(4)6-7;1-6(2)8-4-9-7(3)10-5-8;1-6(2)9-5-4-8-7(9)3;/h4-6H,1-3H3;3,5-7H,1-2H3;4-7H,1-3H3;3-6H,1-2H3;5-6H,1-4H3;4-6H,1-3H3;4-6H,1-3H3;1H4. The number of nitriles is 1. The maximum atomic E-state index is 12.9. The zero-order valence-electron chi connectivity index (χ0n) is 46.5. The monoisotopic (exact) mass is 988 g/mol. The van der Waals surface area contributed by atoms with E-state index >= 15 is 0 Å². The van der Waals surface area contributed by atoms with Crippen LogP contribution in [0.1, 0.15) is 209 Å². The molecule has 0 unspecified atom stereocenters. The summed E-state index contributed by atoms with van der Waals surface area (Å²) in [6, 6.07) is 9.71. The number of pyridine rings is 4. The maximum Gasteiger partial charge on any atom is 0.144 e. The van der Waals surface area contributed by atoms with Crippen molar-refractivity contribution in [3.8, 4) is 6.07 Å². The van der Waals surface area contributed by atoms with Crippen molar-refractivity contribution >= 4 is 0 Å². The Balaban J connectivity index is 0.000000816. The molecule has 0 spiro atoms. The largest absolute Gasteiger partial charge is 0.333 e. The van der Waals surface area contributed by atoms with Crippen LogP contribution >= 0.6 is 0 Å². The van der Waals surface area contributed by atoms with Gasteiger partial charge in [0.1, 0.15) is 29.4 Å². The van der Waals surface area contributed by atoms with Gasteiger partial charge in [-0.15, -0.1) is 0 Å². The van der Waals surface area contributed by atoms with Crippen LogP contribution in [-0.4, -0.2) is 49.2 Å². The molecule has 7 aromatic rings. The summed E-state index contributed by atoms with van der Waals surface area (Å²) in [7, 11) is 1.94. The molecule has 0 saturated carbocycles. The second-order valence-electron chi connectivity index (χ2n) is 20.2. The molecule has 0 aliphatic heterocycles. The lowest BCUT2D eigenvalue weighted by Crippen LogP contribution is -2.09. The Hall–Kier alpha value is -6.55. The molecule has 0 aliphatic rings. The average molecular weight is 988 g/mol. The summed E-state index contributed by atoms with van der Waals surface area (Å²) in [5.74, 6) is 3.71. The van der Waals surface area contributed by atoms with E-state index in [1.165, 1.54) is 34.5 Å². The van der Waals surface area contributed by atoms with Gasteiger partial charge in [-0.25, -0.2) is 23.7 Å². The zero-order valence-corrected chi connectivity index (χ0v) is 46.5. The Bertz CT molecular complexity index is 2550. The van der Waals surface area contributed by atoms with Crippen molar-refractivity contribution < 1.29 is 8.78 Å². The van der Waals surface area contributed by atoms with Crippen molar-refractivity contribution in [1.82, 2.24) is 49.2 Å². The molecule has 0 N–H and O–H groups in total. The highest BCUT2D eigenvalue weighted by Gasteiger charge is 2.14. The lowest BCUT2D eigenvalue weighted by Gasteiger charge is -2.14. The van der Waals surface area contributed by atoms with Gasteiger partial charge in [0.15, 0.2) is 0 Å². The van der Waals surface area contributed by atoms with Crippen LogP contribution in [0.2, 0.25) is 0 Å². The van der Waals surface area contributed by atoms with Crippen molar-refractivity contribution in [1.29, 1.82) is 5.26 Å². The van der Waals surface area contributed by atoms with Gasteiger partial charge in [0.05, 0.1) is 23.7 Å². The minimum absolute atomic E-state index is 0. The molecule has 0 bridgehead atoms. The SMILES string of the molecule is C.CC(C)c1cncc(C#N)c1.CC(C)c1cncc(F)c1.Cc1cncc(C(C)C)c1.Cc1ncc(C(C)C)cc1F.Cc1ncc(C(C)C)cn1.Cc1nccn1C(C)C.Cn1cc(C(C)(C)C)cn1. The molecule has 0 fully saturated rings. The first-order valence-corrected chi connectivity index (χ1v) is 24.4. The van der Waals surface area contributed by atoms with Crippen LogP contribution in [0.25, 0.3) is 0 Å². The van der Waals surface area contributed by atoms with E-state index in [0.717, 1.165) is 28.3 Å². The van der Waals surface area contributed by atoms with E-state index in [9.17, 15) is 8.78 Å². The van der Waals surface area contributed by atoms with E-state index in [2.05, 4.69) is 146 Å². The average Bonchev–Trinajstić information content (AvgIpc) is 3.97. The Morgan fingerprint density at radius 3 is 1.38 bits per heavy atom. The molecule has 0 atom stereocenters. The fraction of sp³-hybridized carbons (Fsp3) is 0.475. The van der Waals surface area contributed by atoms with Crippen LogP contribution in [0.15, 0.2) is 105 Å². The molecule has 13 heteroatoms. The smallest absolute Gasteiger partial charge is 0.144 e. The number of aromatic nitrogens is 10. The lowest BCUT2D eigenvalue weighted by atomic mass is 9.90.